The van der Waals surface area contributed by atoms with E-state index in [-0.39, 0.29) is 15.7 Å². The maximum absolute atomic E-state index is 13.2. The predicted molar refractivity (Wildman–Crippen MR) is 75.7 cm³/mol. The Morgan fingerprint density at radius 1 is 1.10 bits per heavy atom. The maximum Gasteiger partial charge on any atom is 0.261 e. The van der Waals surface area contributed by atoms with Crippen molar-refractivity contribution >= 4 is 31.3 Å². The summed E-state index contributed by atoms with van der Waals surface area (Å²) in [5.74, 6) is 0.0690. The third-order valence-corrected chi connectivity index (χ3v) is 4.20. The van der Waals surface area contributed by atoms with Crippen LogP contribution in [0, 0.1) is 12.7 Å². The summed E-state index contributed by atoms with van der Waals surface area (Å²) in [5, 5.41) is 0.0652. The molecule has 0 aliphatic rings. The van der Waals surface area contributed by atoms with E-state index in [9.17, 15) is 12.8 Å². The molecule has 0 aliphatic carbocycles. The Hall–Kier alpha value is -1.30. The molecule has 0 radical (unpaired) electrons. The average molecular weight is 335 g/mol. The maximum atomic E-state index is 13.2. The van der Waals surface area contributed by atoms with E-state index < -0.39 is 14.9 Å². The molecule has 2 aromatic rings. The zero-order chi connectivity index (χ0) is 14.9. The molecule has 0 heterocycles. The minimum Gasteiger partial charge on any atom is -0.455 e. The largest absolute Gasteiger partial charge is 0.455 e. The van der Waals surface area contributed by atoms with Gasteiger partial charge in [0.1, 0.15) is 17.3 Å². The van der Waals surface area contributed by atoms with E-state index in [1.165, 1.54) is 30.3 Å². The number of halogens is 3. The van der Waals surface area contributed by atoms with E-state index in [4.69, 9.17) is 27.0 Å². The molecule has 0 atom stereocenters. The molecule has 7 heteroatoms. The highest BCUT2D eigenvalue weighted by Gasteiger charge is 2.14. The summed E-state index contributed by atoms with van der Waals surface area (Å²) in [7, 11) is 1.35. The van der Waals surface area contributed by atoms with Crippen LogP contribution in [0.1, 0.15) is 5.56 Å². The van der Waals surface area contributed by atoms with Crippen molar-refractivity contribution in [2.75, 3.05) is 0 Å². The zero-order valence-corrected chi connectivity index (χ0v) is 12.6. The first-order valence-electron chi connectivity index (χ1n) is 5.45. The first kappa shape index (κ1) is 15.1. The quantitative estimate of drug-likeness (QED) is 0.775. The molecule has 0 spiro atoms. The SMILES string of the molecule is Cc1ccc(F)cc1Oc1ccc(S(=O)(=O)Cl)cc1Cl. The van der Waals surface area contributed by atoms with Gasteiger partial charge in [-0.05, 0) is 36.8 Å². The van der Waals surface area contributed by atoms with Gasteiger partial charge in [0.2, 0.25) is 0 Å². The van der Waals surface area contributed by atoms with Crippen LogP contribution in [0.3, 0.4) is 0 Å². The van der Waals surface area contributed by atoms with Crippen LogP contribution in [0.2, 0.25) is 5.02 Å². The Bertz CT molecular complexity index is 760. The number of hydrogen-bond donors (Lipinski definition) is 0. The second kappa shape index (κ2) is 5.60. The molecule has 0 N–H and O–H groups in total. The van der Waals surface area contributed by atoms with Crippen molar-refractivity contribution < 1.29 is 17.5 Å². The molecule has 106 valence electrons. The molecule has 0 amide bonds. The second-order valence-corrected chi connectivity index (χ2v) is 7.02. The number of aryl methyl sites for hydroxylation is 1. The van der Waals surface area contributed by atoms with Crippen LogP contribution in [-0.2, 0) is 9.05 Å². The molecule has 0 saturated heterocycles. The minimum atomic E-state index is -3.86. The molecule has 2 rings (SSSR count). The highest BCUT2D eigenvalue weighted by atomic mass is 35.7. The Morgan fingerprint density at radius 3 is 2.40 bits per heavy atom. The fourth-order valence-corrected chi connectivity index (χ4v) is 2.58. The summed E-state index contributed by atoms with van der Waals surface area (Å²) in [6.45, 7) is 1.75. The van der Waals surface area contributed by atoms with Gasteiger partial charge in [-0.3, -0.25) is 0 Å². The van der Waals surface area contributed by atoms with Gasteiger partial charge in [-0.15, -0.1) is 0 Å². The molecule has 0 fully saturated rings. The Balaban J connectivity index is 2.38. The van der Waals surface area contributed by atoms with Crippen LogP contribution in [-0.4, -0.2) is 8.42 Å². The Labute approximate surface area is 125 Å². The van der Waals surface area contributed by atoms with E-state index in [0.717, 1.165) is 5.56 Å². The third-order valence-electron chi connectivity index (χ3n) is 2.55. The number of hydrogen-bond acceptors (Lipinski definition) is 3. The Morgan fingerprint density at radius 2 is 1.80 bits per heavy atom. The molecule has 2 aromatic carbocycles. The minimum absolute atomic E-state index is 0.0652. The van der Waals surface area contributed by atoms with E-state index in [0.29, 0.717) is 5.75 Å². The fourth-order valence-electron chi connectivity index (χ4n) is 1.52. The van der Waals surface area contributed by atoms with Gasteiger partial charge in [-0.1, -0.05) is 17.7 Å². The van der Waals surface area contributed by atoms with E-state index in [2.05, 4.69) is 0 Å². The lowest BCUT2D eigenvalue weighted by Gasteiger charge is -2.10. The van der Waals surface area contributed by atoms with E-state index >= 15 is 0 Å². The standard InChI is InChI=1S/C13H9Cl2FO3S/c1-8-2-3-9(16)6-13(8)19-12-5-4-10(7-11(12)14)20(15,17)18/h2-7H,1H3. The Kier molecular flexibility index (Phi) is 4.22. The molecule has 3 nitrogen and oxygen atoms in total. The highest BCUT2D eigenvalue weighted by molar-refractivity contribution is 8.13. The van der Waals surface area contributed by atoms with Crippen molar-refractivity contribution in [2.45, 2.75) is 11.8 Å². The van der Waals surface area contributed by atoms with Crippen LogP contribution >= 0.6 is 22.3 Å². The second-order valence-electron chi connectivity index (χ2n) is 4.04. The van der Waals surface area contributed by atoms with Crippen LogP contribution in [0.25, 0.3) is 0 Å². The first-order valence-corrected chi connectivity index (χ1v) is 8.14. The predicted octanol–water partition coefficient (Wildman–Crippen LogP) is 4.51. The smallest absolute Gasteiger partial charge is 0.261 e. The van der Waals surface area contributed by atoms with Crippen molar-refractivity contribution in [3.05, 3.63) is 52.8 Å². The summed E-state index contributed by atoms with van der Waals surface area (Å²) in [6, 6.07) is 7.90. The van der Waals surface area contributed by atoms with Gasteiger partial charge in [0.25, 0.3) is 9.05 Å². The van der Waals surface area contributed by atoms with Crippen molar-refractivity contribution in [1.82, 2.24) is 0 Å². The molecule has 0 aromatic heterocycles. The topological polar surface area (TPSA) is 43.4 Å². The summed E-state index contributed by atoms with van der Waals surface area (Å²) in [4.78, 5) is -0.132. The number of ether oxygens (including phenoxy) is 1. The molecular weight excluding hydrogens is 326 g/mol. The molecule has 0 aliphatic heterocycles. The van der Waals surface area contributed by atoms with Crippen LogP contribution < -0.4 is 4.74 Å². The van der Waals surface area contributed by atoms with Crippen LogP contribution in [0.4, 0.5) is 4.39 Å². The van der Waals surface area contributed by atoms with Gasteiger partial charge < -0.3 is 4.74 Å². The summed E-state index contributed by atoms with van der Waals surface area (Å²) in [5.41, 5.74) is 0.719. The normalized spacial score (nSPS) is 11.4. The third kappa shape index (κ3) is 3.42. The molecule has 0 bridgehead atoms. The molecule has 0 unspecified atom stereocenters. The average Bonchev–Trinajstić information content (AvgIpc) is 2.35. The highest BCUT2D eigenvalue weighted by Crippen LogP contribution is 2.33. The van der Waals surface area contributed by atoms with Crippen molar-refractivity contribution in [1.29, 1.82) is 0 Å². The molecule has 20 heavy (non-hydrogen) atoms. The molecule has 0 saturated carbocycles. The number of rotatable bonds is 3. The lowest BCUT2D eigenvalue weighted by molar-refractivity contribution is 0.472. The number of benzene rings is 2. The van der Waals surface area contributed by atoms with Gasteiger partial charge in [0, 0.05) is 16.7 Å². The van der Waals surface area contributed by atoms with E-state index in [1.807, 2.05) is 0 Å². The summed E-state index contributed by atoms with van der Waals surface area (Å²) >= 11 is 5.94. The van der Waals surface area contributed by atoms with Gasteiger partial charge in [-0.25, -0.2) is 12.8 Å². The van der Waals surface area contributed by atoms with Crippen molar-refractivity contribution in [3.8, 4) is 11.5 Å². The van der Waals surface area contributed by atoms with Gasteiger partial charge in [0.05, 0.1) is 9.92 Å². The lowest BCUT2D eigenvalue weighted by Crippen LogP contribution is -1.93. The van der Waals surface area contributed by atoms with Gasteiger partial charge in [-0.2, -0.15) is 0 Å². The van der Waals surface area contributed by atoms with Gasteiger partial charge in [0.15, 0.2) is 0 Å². The van der Waals surface area contributed by atoms with Crippen LogP contribution in [0.5, 0.6) is 11.5 Å². The zero-order valence-electron chi connectivity index (χ0n) is 10.2. The summed E-state index contributed by atoms with van der Waals surface area (Å²) in [6.07, 6.45) is 0. The van der Waals surface area contributed by atoms with Gasteiger partial charge >= 0.3 is 0 Å². The van der Waals surface area contributed by atoms with Crippen LogP contribution in [0.15, 0.2) is 41.3 Å². The molecular formula is C13H9Cl2FO3S. The van der Waals surface area contributed by atoms with Crippen molar-refractivity contribution in [3.63, 3.8) is 0 Å². The van der Waals surface area contributed by atoms with E-state index in [1.54, 1.807) is 13.0 Å². The monoisotopic (exact) mass is 334 g/mol. The first-order chi connectivity index (χ1) is 9.27. The lowest BCUT2D eigenvalue weighted by atomic mass is 10.2. The summed E-state index contributed by atoms with van der Waals surface area (Å²) < 4.78 is 41.0. The van der Waals surface area contributed by atoms with Crippen molar-refractivity contribution in [2.24, 2.45) is 0 Å². The fraction of sp³-hybridized carbons (Fsp3) is 0.0769.